The maximum Gasteiger partial charge on any atom is 0.329 e. The first-order valence-electron chi connectivity index (χ1n) is 17.0. The molecule has 3 fully saturated rings. The number of carbonyl (C=O) groups excluding carboxylic acids is 4. The van der Waals surface area contributed by atoms with Crippen molar-refractivity contribution in [1.29, 1.82) is 0 Å². The Labute approximate surface area is 268 Å². The van der Waals surface area contributed by atoms with E-state index in [-0.39, 0.29) is 42.3 Å². The van der Waals surface area contributed by atoms with E-state index in [0.29, 0.717) is 57.8 Å². The van der Waals surface area contributed by atoms with Crippen LogP contribution in [0.2, 0.25) is 0 Å². The van der Waals surface area contributed by atoms with Crippen molar-refractivity contribution in [2.45, 2.75) is 128 Å². The van der Waals surface area contributed by atoms with Crippen LogP contribution >= 0.6 is 0 Å². The number of hydrogen-bond donors (Lipinski definition) is 1. The zero-order chi connectivity index (χ0) is 32.7. The number of carbonyl (C=O) groups is 4. The summed E-state index contributed by atoms with van der Waals surface area (Å²) in [5, 5.41) is 11.6. The van der Waals surface area contributed by atoms with Crippen molar-refractivity contribution in [3.8, 4) is 0 Å². The van der Waals surface area contributed by atoms with Gasteiger partial charge in [0.25, 0.3) is 11.7 Å². The van der Waals surface area contributed by atoms with E-state index in [9.17, 15) is 24.3 Å². The Morgan fingerprint density at radius 1 is 0.889 bits per heavy atom. The summed E-state index contributed by atoms with van der Waals surface area (Å²) in [4.78, 5) is 55.3. The van der Waals surface area contributed by atoms with Gasteiger partial charge in [-0.3, -0.25) is 14.4 Å². The molecule has 0 aromatic rings. The van der Waals surface area contributed by atoms with Crippen LogP contribution in [-0.2, 0) is 33.4 Å². The van der Waals surface area contributed by atoms with E-state index in [1.54, 1.807) is 14.0 Å². The number of fused-ring (bicyclic) bond motifs is 12. The number of allylic oxidation sites excluding steroid dienone is 5. The average Bonchev–Trinajstić information content (AvgIpc) is 3.03. The fourth-order valence-corrected chi connectivity index (χ4v) is 7.41. The van der Waals surface area contributed by atoms with Gasteiger partial charge in [0.15, 0.2) is 0 Å². The lowest BCUT2D eigenvalue weighted by Gasteiger charge is -2.42. The molecule has 1 N–H and O–H groups in total. The van der Waals surface area contributed by atoms with Crippen LogP contribution in [0.4, 0.5) is 0 Å². The molecular formula is C36H53NO8. The Kier molecular flexibility index (Phi) is 12.4. The van der Waals surface area contributed by atoms with Gasteiger partial charge < -0.3 is 24.2 Å². The first-order valence-corrected chi connectivity index (χ1v) is 17.0. The molecule has 1 saturated carbocycles. The number of rotatable bonds is 1. The molecule has 4 aliphatic heterocycles. The molecule has 1 amide bonds. The normalized spacial score (nSPS) is 40.8. The van der Waals surface area contributed by atoms with Crippen molar-refractivity contribution in [3.05, 3.63) is 36.0 Å². The molecule has 0 radical (unpaired) electrons. The molecule has 0 unspecified atom stereocenters. The minimum Gasteiger partial charge on any atom is -0.461 e. The van der Waals surface area contributed by atoms with Crippen molar-refractivity contribution >= 4 is 23.4 Å². The predicted octanol–water partition coefficient (Wildman–Crippen LogP) is 5.25. The molecule has 5 rings (SSSR count). The van der Waals surface area contributed by atoms with Crippen LogP contribution in [0.3, 0.4) is 0 Å². The SMILES string of the molecule is CO[C@H]1C[C@@H]2CC[C@@H](C)[C@@](O)(O2)C(=O)C(=O)N2CCCC[C@H]2C(=O)OC2CCC(CC2)C(=O)[C@H](C)C[C@H](C)/C=C/C=C/C=C/1C. The van der Waals surface area contributed by atoms with Crippen LogP contribution in [-0.4, -0.2) is 77.2 Å². The Bertz CT molecular complexity index is 1170. The third-order valence-electron chi connectivity index (χ3n) is 10.4. The van der Waals surface area contributed by atoms with E-state index in [2.05, 4.69) is 13.0 Å². The van der Waals surface area contributed by atoms with Crippen LogP contribution in [0.25, 0.3) is 0 Å². The Balaban J connectivity index is 1.59. The number of amides is 1. The molecule has 0 aromatic heterocycles. The summed E-state index contributed by atoms with van der Waals surface area (Å²) in [5.41, 5.74) is 0.956. The molecule has 0 spiro atoms. The van der Waals surface area contributed by atoms with Crippen LogP contribution in [0.5, 0.6) is 0 Å². The van der Waals surface area contributed by atoms with Gasteiger partial charge in [0.1, 0.15) is 17.9 Å². The second-order valence-corrected chi connectivity index (χ2v) is 13.8. The Morgan fingerprint density at radius 2 is 1.60 bits per heavy atom. The van der Waals surface area contributed by atoms with Gasteiger partial charge >= 0.3 is 5.97 Å². The van der Waals surface area contributed by atoms with Crippen LogP contribution in [0.1, 0.15) is 98.3 Å². The number of Topliss-reactive ketones (excluding diaryl/α,β-unsaturated/α-hetero) is 2. The van der Waals surface area contributed by atoms with E-state index in [1.165, 1.54) is 4.90 Å². The fourth-order valence-electron chi connectivity index (χ4n) is 7.41. The number of ether oxygens (including phenoxy) is 3. The second-order valence-electron chi connectivity index (χ2n) is 13.8. The molecule has 2 saturated heterocycles. The fraction of sp³-hybridized carbons (Fsp3) is 0.722. The van der Waals surface area contributed by atoms with Crippen molar-refractivity contribution in [2.75, 3.05) is 13.7 Å². The lowest BCUT2D eigenvalue weighted by molar-refractivity contribution is -0.265. The highest BCUT2D eigenvalue weighted by molar-refractivity contribution is 6.39. The van der Waals surface area contributed by atoms with Gasteiger partial charge in [-0.15, -0.1) is 0 Å². The summed E-state index contributed by atoms with van der Waals surface area (Å²) in [6.45, 7) is 8.02. The van der Waals surface area contributed by atoms with E-state index in [1.807, 2.05) is 38.2 Å². The Hall–Kier alpha value is -2.62. The standard InChI is InChI=1S/C36H53NO8/c1-23-11-7-6-8-12-24(2)31(43-5)22-29-17-14-26(4)36(42,45-29)33(39)34(40)37-20-10-9-13-30(37)35(41)44-28-18-15-27(16-19-28)32(38)25(3)21-23/h6-8,11-12,23,25-31,42H,9-10,13-22H2,1-5H3/b8-6+,11-7+,24-12+/t23-,25-,26-,27?,28?,29+,30+,31+,36-/m1/s1. The molecular weight excluding hydrogens is 574 g/mol. The highest BCUT2D eigenvalue weighted by Gasteiger charge is 2.53. The van der Waals surface area contributed by atoms with Gasteiger partial charge in [-0.25, -0.2) is 4.79 Å². The number of piperidine rings is 1. The predicted molar refractivity (Wildman–Crippen MR) is 170 cm³/mol. The molecule has 45 heavy (non-hydrogen) atoms. The zero-order valence-electron chi connectivity index (χ0n) is 27.7. The number of ketones is 2. The minimum atomic E-state index is -2.29. The Morgan fingerprint density at radius 3 is 2.31 bits per heavy atom. The third kappa shape index (κ3) is 8.60. The minimum absolute atomic E-state index is 0.0465. The van der Waals surface area contributed by atoms with E-state index in [4.69, 9.17) is 14.2 Å². The number of aliphatic hydroxyl groups is 1. The lowest BCUT2D eigenvalue weighted by Crippen LogP contribution is -2.60. The molecule has 7 atom stereocenters. The van der Waals surface area contributed by atoms with Crippen LogP contribution < -0.4 is 0 Å². The van der Waals surface area contributed by atoms with Gasteiger partial charge in [0, 0.05) is 37.8 Å². The largest absolute Gasteiger partial charge is 0.461 e. The van der Waals surface area contributed by atoms with Crippen molar-refractivity contribution in [2.24, 2.45) is 23.7 Å². The molecule has 0 aromatic carbocycles. The summed E-state index contributed by atoms with van der Waals surface area (Å²) in [7, 11) is 1.61. The quantitative estimate of drug-likeness (QED) is 0.309. The second kappa shape index (κ2) is 15.8. The highest BCUT2D eigenvalue weighted by Crippen LogP contribution is 2.37. The number of hydrogen-bond acceptors (Lipinski definition) is 8. The maximum absolute atomic E-state index is 13.7. The first-order chi connectivity index (χ1) is 21.4. The number of nitrogens with zero attached hydrogens (tertiary/aromatic N) is 1. The van der Waals surface area contributed by atoms with E-state index < -0.39 is 41.5 Å². The van der Waals surface area contributed by atoms with Gasteiger partial charge in [-0.1, -0.05) is 51.2 Å². The van der Waals surface area contributed by atoms with Gasteiger partial charge in [0.2, 0.25) is 5.79 Å². The molecule has 9 nitrogen and oxygen atoms in total. The van der Waals surface area contributed by atoms with E-state index >= 15 is 0 Å². The van der Waals surface area contributed by atoms with E-state index in [0.717, 1.165) is 18.4 Å². The summed E-state index contributed by atoms with van der Waals surface area (Å²) < 4.78 is 17.7. The average molecular weight is 628 g/mol. The molecule has 4 bridgehead atoms. The molecule has 4 heterocycles. The molecule has 5 aliphatic rings. The summed E-state index contributed by atoms with van der Waals surface area (Å²) >= 11 is 0. The number of methoxy groups -OCH3 is 1. The topological polar surface area (TPSA) is 119 Å². The summed E-state index contributed by atoms with van der Waals surface area (Å²) in [6.07, 6.45) is 15.4. The van der Waals surface area contributed by atoms with Gasteiger partial charge in [-0.05, 0) is 82.6 Å². The molecule has 9 heteroatoms. The summed E-state index contributed by atoms with van der Waals surface area (Å²) in [6, 6.07) is -0.893. The van der Waals surface area contributed by atoms with Gasteiger partial charge in [0.05, 0.1) is 12.2 Å². The number of esters is 1. The van der Waals surface area contributed by atoms with Crippen molar-refractivity contribution in [1.82, 2.24) is 4.90 Å². The lowest BCUT2D eigenvalue weighted by atomic mass is 9.79. The first kappa shape index (κ1) is 35.2. The van der Waals surface area contributed by atoms with Crippen molar-refractivity contribution in [3.63, 3.8) is 0 Å². The summed E-state index contributed by atoms with van der Waals surface area (Å²) in [5.74, 6) is -4.96. The monoisotopic (exact) mass is 627 g/mol. The maximum atomic E-state index is 13.7. The zero-order valence-corrected chi connectivity index (χ0v) is 27.7. The van der Waals surface area contributed by atoms with Crippen LogP contribution in [0.15, 0.2) is 36.0 Å². The van der Waals surface area contributed by atoms with Crippen molar-refractivity contribution < 1.29 is 38.5 Å². The molecule has 250 valence electrons. The third-order valence-corrected chi connectivity index (χ3v) is 10.4. The van der Waals surface area contributed by atoms with Gasteiger partial charge in [-0.2, -0.15) is 0 Å². The molecule has 1 aliphatic carbocycles. The smallest absolute Gasteiger partial charge is 0.329 e. The van der Waals surface area contributed by atoms with Crippen LogP contribution in [0, 0.1) is 23.7 Å². The highest BCUT2D eigenvalue weighted by atomic mass is 16.6.